The Kier molecular flexibility index (Phi) is 7.58. The summed E-state index contributed by atoms with van der Waals surface area (Å²) >= 11 is -0.317. The van der Waals surface area contributed by atoms with E-state index in [4.69, 9.17) is 0 Å². The molecule has 0 aliphatic carbocycles. The molecule has 12 heteroatoms. The Bertz CT molecular complexity index is 810. The average Bonchev–Trinajstić information content (AvgIpc) is 2.56. The van der Waals surface area contributed by atoms with Gasteiger partial charge < -0.3 is 15.5 Å². The van der Waals surface area contributed by atoms with Crippen molar-refractivity contribution in [2.75, 3.05) is 37.8 Å². The van der Waals surface area contributed by atoms with Gasteiger partial charge in [-0.2, -0.15) is 31.3 Å². The van der Waals surface area contributed by atoms with Crippen molar-refractivity contribution in [3.63, 3.8) is 0 Å². The molecule has 2 N–H and O–H groups in total. The fraction of sp³-hybridized carbons (Fsp3) is 0.412. The summed E-state index contributed by atoms with van der Waals surface area (Å²) in [6, 6.07) is 5.93. The lowest BCUT2D eigenvalue weighted by Gasteiger charge is -2.14. The molecule has 0 saturated heterocycles. The Morgan fingerprint density at radius 1 is 1.03 bits per heavy atom. The Morgan fingerprint density at radius 2 is 1.76 bits per heavy atom. The molecule has 0 fully saturated rings. The molecule has 1 aromatic heterocycles. The first kappa shape index (κ1) is 23.1. The highest BCUT2D eigenvalue weighted by Gasteiger charge is 2.34. The van der Waals surface area contributed by atoms with Gasteiger partial charge in [0.15, 0.2) is 5.69 Å². The lowest BCUT2D eigenvalue weighted by Crippen LogP contribution is -2.18. The predicted octanol–water partition coefficient (Wildman–Crippen LogP) is 5.21. The Hall–Kier alpha value is -2.21. The summed E-state index contributed by atoms with van der Waals surface area (Å²) in [6.45, 7) is 1.08. The van der Waals surface area contributed by atoms with Crippen molar-refractivity contribution in [2.45, 2.75) is 23.0 Å². The Morgan fingerprint density at radius 3 is 2.38 bits per heavy atom. The zero-order valence-corrected chi connectivity index (χ0v) is 16.3. The minimum absolute atomic E-state index is 0.102. The SMILES string of the molecule is CN(C)CCCNc1nc(Nc2cccc(SC(F)(F)F)c2)cc(C(F)(F)F)n1. The first-order valence-corrected chi connectivity index (χ1v) is 9.22. The number of hydrogen-bond acceptors (Lipinski definition) is 6. The van der Waals surface area contributed by atoms with Crippen molar-refractivity contribution in [3.8, 4) is 0 Å². The maximum absolute atomic E-state index is 13.1. The van der Waals surface area contributed by atoms with Crippen molar-refractivity contribution >= 4 is 29.2 Å². The van der Waals surface area contributed by atoms with E-state index in [2.05, 4.69) is 20.6 Å². The van der Waals surface area contributed by atoms with Gasteiger partial charge in [0.1, 0.15) is 5.82 Å². The van der Waals surface area contributed by atoms with Crippen LogP contribution in [0.1, 0.15) is 12.1 Å². The van der Waals surface area contributed by atoms with Gasteiger partial charge in [-0.15, -0.1) is 0 Å². The maximum atomic E-state index is 13.1. The lowest BCUT2D eigenvalue weighted by molar-refractivity contribution is -0.141. The minimum Gasteiger partial charge on any atom is -0.354 e. The molecule has 1 heterocycles. The summed E-state index contributed by atoms with van der Waals surface area (Å²) in [4.78, 5) is 9.28. The molecule has 0 spiro atoms. The van der Waals surface area contributed by atoms with E-state index in [1.165, 1.54) is 24.3 Å². The highest BCUT2D eigenvalue weighted by Crippen LogP contribution is 2.38. The maximum Gasteiger partial charge on any atom is 0.446 e. The third kappa shape index (κ3) is 8.36. The number of halogens is 6. The van der Waals surface area contributed by atoms with Crippen molar-refractivity contribution in [1.82, 2.24) is 14.9 Å². The lowest BCUT2D eigenvalue weighted by atomic mass is 10.3. The second kappa shape index (κ2) is 9.53. The summed E-state index contributed by atoms with van der Waals surface area (Å²) in [5, 5.41) is 5.35. The summed E-state index contributed by atoms with van der Waals surface area (Å²) in [5.41, 5.74) is -5.46. The molecule has 0 bridgehead atoms. The van der Waals surface area contributed by atoms with Crippen LogP contribution in [0.2, 0.25) is 0 Å². The number of nitrogens with zero attached hydrogens (tertiary/aromatic N) is 3. The zero-order chi connectivity index (χ0) is 21.7. The Balaban J connectivity index is 2.20. The zero-order valence-electron chi connectivity index (χ0n) is 15.5. The van der Waals surface area contributed by atoms with Gasteiger partial charge in [-0.25, -0.2) is 4.98 Å². The van der Waals surface area contributed by atoms with E-state index >= 15 is 0 Å². The summed E-state index contributed by atoms with van der Waals surface area (Å²) in [5.74, 6) is -0.404. The highest BCUT2D eigenvalue weighted by atomic mass is 32.2. The summed E-state index contributed by atoms with van der Waals surface area (Å²) < 4.78 is 77.0. The van der Waals surface area contributed by atoms with Gasteiger partial charge in [-0.3, -0.25) is 0 Å². The molecule has 160 valence electrons. The molecule has 0 aliphatic rings. The second-order valence-corrected chi connectivity index (χ2v) is 7.38. The Labute approximate surface area is 167 Å². The molecular weight excluding hydrogens is 420 g/mol. The molecule has 2 aromatic rings. The first-order chi connectivity index (χ1) is 13.4. The molecule has 0 unspecified atom stereocenters. The fourth-order valence-electron chi connectivity index (χ4n) is 2.25. The van der Waals surface area contributed by atoms with Crippen LogP contribution in [0, 0.1) is 0 Å². The van der Waals surface area contributed by atoms with Crippen molar-refractivity contribution in [3.05, 3.63) is 36.0 Å². The number of hydrogen-bond donors (Lipinski definition) is 2. The van der Waals surface area contributed by atoms with Crippen LogP contribution in [-0.4, -0.2) is 47.6 Å². The number of alkyl halides is 6. The molecule has 0 radical (unpaired) electrons. The van der Waals surface area contributed by atoms with Crippen LogP contribution in [0.25, 0.3) is 0 Å². The van der Waals surface area contributed by atoms with Crippen LogP contribution >= 0.6 is 11.8 Å². The number of nitrogens with one attached hydrogen (secondary N) is 2. The quantitative estimate of drug-likeness (QED) is 0.334. The largest absolute Gasteiger partial charge is 0.446 e. The van der Waals surface area contributed by atoms with Gasteiger partial charge in [0.25, 0.3) is 0 Å². The minimum atomic E-state index is -4.70. The van der Waals surface area contributed by atoms with Crippen LogP contribution in [-0.2, 0) is 6.18 Å². The van der Waals surface area contributed by atoms with Gasteiger partial charge in [0.2, 0.25) is 5.95 Å². The molecule has 29 heavy (non-hydrogen) atoms. The smallest absolute Gasteiger partial charge is 0.354 e. The number of anilines is 3. The second-order valence-electron chi connectivity index (χ2n) is 6.24. The van der Waals surface area contributed by atoms with Gasteiger partial charge in [-0.05, 0) is 57.0 Å². The van der Waals surface area contributed by atoms with Gasteiger partial charge in [-0.1, -0.05) is 6.07 Å². The van der Waals surface area contributed by atoms with Crippen LogP contribution in [0.5, 0.6) is 0 Å². The van der Waals surface area contributed by atoms with E-state index in [-0.39, 0.29) is 34.1 Å². The van der Waals surface area contributed by atoms with Crippen molar-refractivity contribution in [2.24, 2.45) is 0 Å². The van der Waals surface area contributed by atoms with E-state index < -0.39 is 17.4 Å². The number of aromatic nitrogens is 2. The van der Waals surface area contributed by atoms with Crippen LogP contribution in [0.4, 0.5) is 43.8 Å². The standard InChI is InChI=1S/C17H19F6N5S/c1-28(2)8-4-7-24-15-26-13(16(18,19)20)10-14(27-15)25-11-5-3-6-12(9-11)29-17(21,22)23/h3,5-6,9-10H,4,7-8H2,1-2H3,(H2,24,25,26,27). The topological polar surface area (TPSA) is 53.1 Å². The highest BCUT2D eigenvalue weighted by molar-refractivity contribution is 8.00. The van der Waals surface area contributed by atoms with Crippen LogP contribution in [0.3, 0.4) is 0 Å². The van der Waals surface area contributed by atoms with Gasteiger partial charge >= 0.3 is 11.7 Å². The van der Waals surface area contributed by atoms with E-state index in [0.29, 0.717) is 19.0 Å². The molecular formula is C17H19F6N5S. The molecule has 2 rings (SSSR count). The molecule has 1 aromatic carbocycles. The average molecular weight is 439 g/mol. The van der Waals surface area contributed by atoms with Crippen LogP contribution in [0.15, 0.2) is 35.2 Å². The molecule has 5 nitrogen and oxygen atoms in total. The molecule has 0 amide bonds. The molecule has 0 atom stereocenters. The van der Waals surface area contributed by atoms with Crippen LogP contribution < -0.4 is 10.6 Å². The van der Waals surface area contributed by atoms with Crippen molar-refractivity contribution in [1.29, 1.82) is 0 Å². The first-order valence-electron chi connectivity index (χ1n) is 8.40. The number of benzene rings is 1. The number of thioether (sulfide) groups is 1. The summed E-state index contributed by atoms with van der Waals surface area (Å²) in [7, 11) is 3.74. The number of rotatable bonds is 8. The van der Waals surface area contributed by atoms with E-state index in [9.17, 15) is 26.3 Å². The molecule has 0 saturated carbocycles. The normalized spacial score (nSPS) is 12.3. The third-order valence-electron chi connectivity index (χ3n) is 3.42. The van der Waals surface area contributed by atoms with E-state index in [1.807, 2.05) is 19.0 Å². The third-order valence-corrected chi connectivity index (χ3v) is 4.14. The van der Waals surface area contributed by atoms with Crippen molar-refractivity contribution < 1.29 is 26.3 Å². The van der Waals surface area contributed by atoms with E-state index in [0.717, 1.165) is 6.54 Å². The monoisotopic (exact) mass is 439 g/mol. The summed E-state index contributed by atoms with van der Waals surface area (Å²) in [6.07, 6.45) is -4.04. The van der Waals surface area contributed by atoms with Gasteiger partial charge in [0.05, 0.1) is 0 Å². The fourth-order valence-corrected chi connectivity index (χ4v) is 2.85. The molecule has 0 aliphatic heterocycles. The predicted molar refractivity (Wildman–Crippen MR) is 100 cm³/mol. The van der Waals surface area contributed by atoms with Gasteiger partial charge in [0, 0.05) is 23.2 Å². The van der Waals surface area contributed by atoms with E-state index in [1.54, 1.807) is 0 Å².